The van der Waals surface area contributed by atoms with E-state index in [1.54, 1.807) is 0 Å². The van der Waals surface area contributed by atoms with E-state index in [1.807, 2.05) is 30.3 Å². The van der Waals surface area contributed by atoms with Gasteiger partial charge in [0, 0.05) is 5.69 Å². The second-order valence-electron chi connectivity index (χ2n) is 5.42. The van der Waals surface area contributed by atoms with Crippen LogP contribution in [0.5, 0.6) is 5.75 Å². The average molecular weight is 366 g/mol. The van der Waals surface area contributed by atoms with Gasteiger partial charge in [-0.2, -0.15) is 13.2 Å². The second kappa shape index (κ2) is 8.89. The van der Waals surface area contributed by atoms with E-state index in [4.69, 9.17) is 0 Å². The fourth-order valence-corrected chi connectivity index (χ4v) is 2.03. The Bertz CT molecular complexity index is 732. The maximum Gasteiger partial charge on any atom is 0.422 e. The first-order chi connectivity index (χ1) is 12.3. The summed E-state index contributed by atoms with van der Waals surface area (Å²) in [4.78, 5) is 23.6. The third-order valence-corrected chi connectivity index (χ3v) is 3.19. The first kappa shape index (κ1) is 19.3. The molecular formula is C18H17F3N2O3. The Morgan fingerprint density at radius 1 is 0.923 bits per heavy atom. The Labute approximate surface area is 148 Å². The minimum absolute atomic E-state index is 0.0384. The van der Waals surface area contributed by atoms with Crippen LogP contribution in [0.3, 0.4) is 0 Å². The fourth-order valence-electron chi connectivity index (χ4n) is 2.03. The molecule has 26 heavy (non-hydrogen) atoms. The van der Waals surface area contributed by atoms with Crippen LogP contribution in [0, 0.1) is 0 Å². The summed E-state index contributed by atoms with van der Waals surface area (Å²) >= 11 is 0. The summed E-state index contributed by atoms with van der Waals surface area (Å²) in [5, 5.41) is 5.03. The van der Waals surface area contributed by atoms with E-state index in [2.05, 4.69) is 15.4 Å². The molecule has 0 radical (unpaired) electrons. The molecule has 0 fully saturated rings. The molecule has 0 saturated carbocycles. The monoisotopic (exact) mass is 366 g/mol. The van der Waals surface area contributed by atoms with Crippen LogP contribution in [-0.4, -0.2) is 31.1 Å². The van der Waals surface area contributed by atoms with Crippen molar-refractivity contribution in [3.05, 3.63) is 60.2 Å². The number of alkyl halides is 3. The molecule has 0 unspecified atom stereocenters. The van der Waals surface area contributed by atoms with Gasteiger partial charge in [0.1, 0.15) is 5.75 Å². The van der Waals surface area contributed by atoms with E-state index in [0.717, 1.165) is 5.56 Å². The van der Waals surface area contributed by atoms with Crippen LogP contribution in [0.15, 0.2) is 54.6 Å². The predicted molar refractivity (Wildman–Crippen MR) is 89.8 cm³/mol. The van der Waals surface area contributed by atoms with Crippen LogP contribution in [0.25, 0.3) is 0 Å². The lowest BCUT2D eigenvalue weighted by Gasteiger charge is -2.10. The molecule has 2 amide bonds. The molecule has 138 valence electrons. The highest BCUT2D eigenvalue weighted by Gasteiger charge is 2.28. The van der Waals surface area contributed by atoms with Gasteiger partial charge in [-0.1, -0.05) is 30.3 Å². The Balaban J connectivity index is 1.74. The minimum atomic E-state index is -4.41. The summed E-state index contributed by atoms with van der Waals surface area (Å²) < 4.78 is 40.8. The minimum Gasteiger partial charge on any atom is -0.484 e. The van der Waals surface area contributed by atoms with Gasteiger partial charge in [0.25, 0.3) is 0 Å². The van der Waals surface area contributed by atoms with E-state index in [-0.39, 0.29) is 24.6 Å². The van der Waals surface area contributed by atoms with E-state index in [1.165, 1.54) is 24.3 Å². The molecule has 0 aliphatic carbocycles. The molecule has 0 aromatic heterocycles. The second-order valence-corrected chi connectivity index (χ2v) is 5.42. The number of benzene rings is 2. The van der Waals surface area contributed by atoms with Gasteiger partial charge in [0.2, 0.25) is 11.8 Å². The van der Waals surface area contributed by atoms with Gasteiger partial charge in [-0.15, -0.1) is 0 Å². The number of halogens is 3. The van der Waals surface area contributed by atoms with Crippen LogP contribution in [0.2, 0.25) is 0 Å². The smallest absolute Gasteiger partial charge is 0.422 e. The first-order valence-electron chi connectivity index (χ1n) is 7.72. The number of carbonyl (C=O) groups is 2. The van der Waals surface area contributed by atoms with Gasteiger partial charge in [0.05, 0.1) is 13.0 Å². The van der Waals surface area contributed by atoms with Gasteiger partial charge in [-0.05, 0) is 29.8 Å². The van der Waals surface area contributed by atoms with Crippen molar-refractivity contribution in [2.24, 2.45) is 0 Å². The maximum absolute atomic E-state index is 12.1. The molecular weight excluding hydrogens is 349 g/mol. The molecule has 0 aliphatic rings. The summed E-state index contributed by atoms with van der Waals surface area (Å²) in [7, 11) is 0. The van der Waals surface area contributed by atoms with E-state index in [9.17, 15) is 22.8 Å². The molecule has 0 atom stereocenters. The van der Waals surface area contributed by atoms with Crippen molar-refractivity contribution in [1.29, 1.82) is 0 Å². The summed E-state index contributed by atoms with van der Waals surface area (Å²) in [6.45, 7) is -1.59. The normalized spacial score (nSPS) is 10.9. The highest BCUT2D eigenvalue weighted by atomic mass is 19.4. The first-order valence-corrected chi connectivity index (χ1v) is 7.72. The van der Waals surface area contributed by atoms with E-state index in [0.29, 0.717) is 5.69 Å². The molecule has 8 heteroatoms. The van der Waals surface area contributed by atoms with Crippen molar-refractivity contribution >= 4 is 17.5 Å². The van der Waals surface area contributed by atoms with Crippen LogP contribution < -0.4 is 15.4 Å². The molecule has 0 spiro atoms. The van der Waals surface area contributed by atoms with Crippen molar-refractivity contribution in [2.45, 2.75) is 12.6 Å². The van der Waals surface area contributed by atoms with Crippen molar-refractivity contribution in [3.8, 4) is 5.75 Å². The van der Waals surface area contributed by atoms with Gasteiger partial charge in [0.15, 0.2) is 6.61 Å². The zero-order valence-electron chi connectivity index (χ0n) is 13.7. The molecule has 0 bridgehead atoms. The number of anilines is 1. The van der Waals surface area contributed by atoms with Crippen LogP contribution in [0.1, 0.15) is 5.56 Å². The van der Waals surface area contributed by atoms with Gasteiger partial charge < -0.3 is 15.4 Å². The van der Waals surface area contributed by atoms with Crippen molar-refractivity contribution in [3.63, 3.8) is 0 Å². The standard InChI is InChI=1S/C18H17F3N2O3/c19-18(20,21)12-26-15-8-6-14(7-9-15)23-17(25)11-22-16(24)10-13-4-2-1-3-5-13/h1-9H,10-12H2,(H,22,24)(H,23,25). The SMILES string of the molecule is O=C(Cc1ccccc1)NCC(=O)Nc1ccc(OCC(F)(F)F)cc1. The highest BCUT2D eigenvalue weighted by molar-refractivity contribution is 5.94. The lowest BCUT2D eigenvalue weighted by atomic mass is 10.1. The number of amides is 2. The molecule has 0 heterocycles. The molecule has 2 rings (SSSR count). The zero-order valence-corrected chi connectivity index (χ0v) is 13.7. The summed E-state index contributed by atoms with van der Waals surface area (Å²) in [5.74, 6) is -0.700. The summed E-state index contributed by atoms with van der Waals surface area (Å²) in [6, 6.07) is 14.5. The number of hydrogen-bond donors (Lipinski definition) is 2. The summed E-state index contributed by atoms with van der Waals surface area (Å²) in [6.07, 6.45) is -4.25. The zero-order chi connectivity index (χ0) is 19.0. The third-order valence-electron chi connectivity index (χ3n) is 3.19. The number of rotatable bonds is 7. The van der Waals surface area contributed by atoms with Gasteiger partial charge in [-0.25, -0.2) is 0 Å². The van der Waals surface area contributed by atoms with Crippen molar-refractivity contribution < 1.29 is 27.5 Å². The number of carbonyl (C=O) groups excluding carboxylic acids is 2. The Kier molecular flexibility index (Phi) is 6.60. The average Bonchev–Trinajstić information content (AvgIpc) is 2.60. The van der Waals surface area contributed by atoms with E-state index >= 15 is 0 Å². The molecule has 2 aromatic rings. The Morgan fingerprint density at radius 2 is 1.58 bits per heavy atom. The molecule has 0 aliphatic heterocycles. The highest BCUT2D eigenvalue weighted by Crippen LogP contribution is 2.20. The number of nitrogens with one attached hydrogen (secondary N) is 2. The van der Waals surface area contributed by atoms with Gasteiger partial charge >= 0.3 is 6.18 Å². The van der Waals surface area contributed by atoms with Gasteiger partial charge in [-0.3, -0.25) is 9.59 Å². The van der Waals surface area contributed by atoms with E-state index < -0.39 is 18.7 Å². The maximum atomic E-state index is 12.1. The number of hydrogen-bond acceptors (Lipinski definition) is 3. The van der Waals surface area contributed by atoms with Crippen molar-refractivity contribution in [2.75, 3.05) is 18.5 Å². The third kappa shape index (κ3) is 7.25. The lowest BCUT2D eigenvalue weighted by Crippen LogP contribution is -2.33. The molecule has 0 saturated heterocycles. The van der Waals surface area contributed by atoms with Crippen LogP contribution in [-0.2, 0) is 16.0 Å². The van der Waals surface area contributed by atoms with Crippen LogP contribution >= 0.6 is 0 Å². The molecule has 2 N–H and O–H groups in total. The molecule has 2 aromatic carbocycles. The molecule has 5 nitrogen and oxygen atoms in total. The van der Waals surface area contributed by atoms with Crippen LogP contribution in [0.4, 0.5) is 18.9 Å². The lowest BCUT2D eigenvalue weighted by molar-refractivity contribution is -0.153. The fraction of sp³-hybridized carbons (Fsp3) is 0.222. The summed E-state index contributed by atoms with van der Waals surface area (Å²) in [5.41, 5.74) is 1.21. The Hall–Kier alpha value is -3.03. The van der Waals surface area contributed by atoms with Crippen molar-refractivity contribution in [1.82, 2.24) is 5.32 Å². The largest absolute Gasteiger partial charge is 0.484 e. The quantitative estimate of drug-likeness (QED) is 0.792. The topological polar surface area (TPSA) is 67.4 Å². The number of ether oxygens (including phenoxy) is 1. The Morgan fingerprint density at radius 3 is 2.19 bits per heavy atom. The predicted octanol–water partition coefficient (Wildman–Crippen LogP) is 2.93.